The van der Waals surface area contributed by atoms with Crippen LogP contribution in [-0.2, 0) is 9.59 Å². The fraction of sp³-hybridized carbons (Fsp3) is 0.467. The summed E-state index contributed by atoms with van der Waals surface area (Å²) in [5.74, 6) is -1.89. The van der Waals surface area contributed by atoms with Gasteiger partial charge in [0.15, 0.2) is 0 Å². The highest BCUT2D eigenvalue weighted by atomic mass is 19.1. The van der Waals surface area contributed by atoms with E-state index < -0.39 is 23.3 Å². The summed E-state index contributed by atoms with van der Waals surface area (Å²) >= 11 is 0. The lowest BCUT2D eigenvalue weighted by Gasteiger charge is -2.36. The minimum Gasteiger partial charge on any atom is -0.480 e. The first-order valence-electron chi connectivity index (χ1n) is 6.67. The standard InChI is InChI=1S/C15H18FNO3/c1-9-4-5-11(8-12(9)16)10(2)17-13(18)15(14(19)20)6-3-7-15/h4-5,8,10H,3,6-7H2,1-2H3,(H,17,18)(H,19,20). The first-order chi connectivity index (χ1) is 9.36. The number of hydrogen-bond donors (Lipinski definition) is 2. The van der Waals surface area contributed by atoms with Gasteiger partial charge in [-0.1, -0.05) is 18.6 Å². The Morgan fingerprint density at radius 3 is 2.50 bits per heavy atom. The van der Waals surface area contributed by atoms with E-state index in [-0.39, 0.29) is 5.82 Å². The van der Waals surface area contributed by atoms with Crippen LogP contribution in [-0.4, -0.2) is 17.0 Å². The number of nitrogens with one attached hydrogen (secondary N) is 1. The molecule has 1 atom stereocenters. The van der Waals surface area contributed by atoms with Gasteiger partial charge in [0.1, 0.15) is 11.2 Å². The molecule has 1 aromatic rings. The van der Waals surface area contributed by atoms with Crippen LogP contribution in [0, 0.1) is 18.2 Å². The van der Waals surface area contributed by atoms with Crippen LogP contribution in [0.25, 0.3) is 0 Å². The van der Waals surface area contributed by atoms with Crippen molar-refractivity contribution in [1.82, 2.24) is 5.32 Å². The van der Waals surface area contributed by atoms with Crippen molar-refractivity contribution in [2.75, 3.05) is 0 Å². The summed E-state index contributed by atoms with van der Waals surface area (Å²) in [5.41, 5.74) is -0.132. The van der Waals surface area contributed by atoms with Gasteiger partial charge in [-0.25, -0.2) is 4.39 Å². The zero-order chi connectivity index (χ0) is 14.9. The Morgan fingerprint density at radius 1 is 1.40 bits per heavy atom. The van der Waals surface area contributed by atoms with Gasteiger partial charge in [-0.05, 0) is 43.9 Å². The molecule has 108 valence electrons. The predicted octanol–water partition coefficient (Wildman–Crippen LogP) is 2.57. The summed E-state index contributed by atoms with van der Waals surface area (Å²) in [5, 5.41) is 11.9. The number of carboxylic acid groups (broad SMARTS) is 1. The number of aliphatic carboxylic acids is 1. The number of carboxylic acids is 1. The quantitative estimate of drug-likeness (QED) is 0.832. The molecule has 0 spiro atoms. The van der Waals surface area contributed by atoms with Gasteiger partial charge >= 0.3 is 5.97 Å². The molecule has 2 rings (SSSR count). The first-order valence-corrected chi connectivity index (χ1v) is 6.67. The molecule has 1 aliphatic rings. The molecule has 0 saturated heterocycles. The predicted molar refractivity (Wildman–Crippen MR) is 71.6 cm³/mol. The van der Waals surface area contributed by atoms with Crippen LogP contribution in [0.2, 0.25) is 0 Å². The average molecular weight is 279 g/mol. The minimum absolute atomic E-state index is 0.333. The molecule has 1 amide bonds. The molecule has 2 N–H and O–H groups in total. The molecule has 0 aliphatic heterocycles. The maximum absolute atomic E-state index is 13.5. The topological polar surface area (TPSA) is 66.4 Å². The molecule has 0 heterocycles. The smallest absolute Gasteiger partial charge is 0.319 e. The fourth-order valence-corrected chi connectivity index (χ4v) is 2.36. The maximum Gasteiger partial charge on any atom is 0.319 e. The molecule has 20 heavy (non-hydrogen) atoms. The SMILES string of the molecule is Cc1ccc(C(C)NC(=O)C2(C(=O)O)CCC2)cc1F. The molecule has 1 aromatic carbocycles. The van der Waals surface area contributed by atoms with Crippen LogP contribution < -0.4 is 5.32 Å². The summed E-state index contributed by atoms with van der Waals surface area (Å²) in [4.78, 5) is 23.4. The zero-order valence-electron chi connectivity index (χ0n) is 11.6. The molecule has 1 unspecified atom stereocenters. The van der Waals surface area contributed by atoms with Crippen LogP contribution in [0.3, 0.4) is 0 Å². The molecule has 4 nitrogen and oxygen atoms in total. The summed E-state index contributed by atoms with van der Waals surface area (Å²) in [6, 6.07) is 4.32. The number of benzene rings is 1. The van der Waals surface area contributed by atoms with Crippen molar-refractivity contribution in [3.63, 3.8) is 0 Å². The number of halogens is 1. The van der Waals surface area contributed by atoms with E-state index >= 15 is 0 Å². The number of carbonyl (C=O) groups is 2. The van der Waals surface area contributed by atoms with Crippen LogP contribution in [0.4, 0.5) is 4.39 Å². The van der Waals surface area contributed by atoms with Crippen LogP contribution in [0.15, 0.2) is 18.2 Å². The third-order valence-corrected chi connectivity index (χ3v) is 4.09. The lowest BCUT2D eigenvalue weighted by molar-refractivity contribution is -0.162. The number of amides is 1. The summed E-state index contributed by atoms with van der Waals surface area (Å²) in [6.07, 6.45) is 1.47. The molecule has 0 bridgehead atoms. The van der Waals surface area contributed by atoms with Crippen LogP contribution in [0.5, 0.6) is 0 Å². The Labute approximate surface area is 117 Å². The molecule has 5 heteroatoms. The van der Waals surface area contributed by atoms with E-state index in [4.69, 9.17) is 0 Å². The lowest BCUT2D eigenvalue weighted by Crippen LogP contribution is -2.51. The van der Waals surface area contributed by atoms with E-state index in [1.165, 1.54) is 6.07 Å². The highest BCUT2D eigenvalue weighted by molar-refractivity contribution is 6.02. The Balaban J connectivity index is 2.11. The summed E-state index contributed by atoms with van der Waals surface area (Å²) < 4.78 is 13.5. The van der Waals surface area contributed by atoms with Gasteiger partial charge in [0, 0.05) is 0 Å². The second-order valence-electron chi connectivity index (χ2n) is 5.44. The highest BCUT2D eigenvalue weighted by Crippen LogP contribution is 2.41. The van der Waals surface area contributed by atoms with Gasteiger partial charge in [-0.2, -0.15) is 0 Å². The van der Waals surface area contributed by atoms with Crippen LogP contribution >= 0.6 is 0 Å². The normalized spacial score (nSPS) is 17.9. The molecule has 1 fully saturated rings. The molecule has 0 radical (unpaired) electrons. The van der Waals surface area contributed by atoms with Crippen molar-refractivity contribution in [3.05, 3.63) is 35.1 Å². The van der Waals surface area contributed by atoms with E-state index in [0.29, 0.717) is 24.0 Å². The van der Waals surface area contributed by atoms with Gasteiger partial charge in [-0.15, -0.1) is 0 Å². The van der Waals surface area contributed by atoms with E-state index in [0.717, 1.165) is 6.42 Å². The molecular formula is C15H18FNO3. The van der Waals surface area contributed by atoms with E-state index in [2.05, 4.69) is 5.32 Å². The minimum atomic E-state index is -1.29. The number of carbonyl (C=O) groups excluding carboxylic acids is 1. The Kier molecular flexibility index (Phi) is 3.79. The molecular weight excluding hydrogens is 261 g/mol. The lowest BCUT2D eigenvalue weighted by atomic mass is 9.68. The second-order valence-corrected chi connectivity index (χ2v) is 5.44. The van der Waals surface area contributed by atoms with E-state index in [1.807, 2.05) is 0 Å². The van der Waals surface area contributed by atoms with Gasteiger partial charge in [0.25, 0.3) is 0 Å². The Morgan fingerprint density at radius 2 is 2.05 bits per heavy atom. The zero-order valence-corrected chi connectivity index (χ0v) is 11.6. The summed E-state index contributed by atoms with van der Waals surface area (Å²) in [6.45, 7) is 3.38. The molecule has 1 aliphatic carbocycles. The van der Waals surface area contributed by atoms with Crippen LogP contribution in [0.1, 0.15) is 43.4 Å². The number of aryl methyl sites for hydroxylation is 1. The third-order valence-electron chi connectivity index (χ3n) is 4.09. The van der Waals surface area contributed by atoms with E-state index in [1.54, 1.807) is 26.0 Å². The van der Waals surface area contributed by atoms with Crippen molar-refractivity contribution < 1.29 is 19.1 Å². The molecule has 1 saturated carbocycles. The first kappa shape index (κ1) is 14.5. The van der Waals surface area contributed by atoms with Crippen molar-refractivity contribution in [2.24, 2.45) is 5.41 Å². The Bertz CT molecular complexity index is 552. The van der Waals surface area contributed by atoms with Gasteiger partial charge in [0.2, 0.25) is 5.91 Å². The van der Waals surface area contributed by atoms with E-state index in [9.17, 15) is 19.1 Å². The van der Waals surface area contributed by atoms with Gasteiger partial charge in [-0.3, -0.25) is 9.59 Å². The van der Waals surface area contributed by atoms with Crippen molar-refractivity contribution in [2.45, 2.75) is 39.2 Å². The monoisotopic (exact) mass is 279 g/mol. The van der Waals surface area contributed by atoms with Crippen molar-refractivity contribution >= 4 is 11.9 Å². The molecule has 0 aromatic heterocycles. The average Bonchev–Trinajstić information content (AvgIpc) is 2.30. The fourth-order valence-electron chi connectivity index (χ4n) is 2.36. The van der Waals surface area contributed by atoms with Crippen molar-refractivity contribution in [3.8, 4) is 0 Å². The third kappa shape index (κ3) is 2.40. The second kappa shape index (κ2) is 5.23. The van der Waals surface area contributed by atoms with Crippen molar-refractivity contribution in [1.29, 1.82) is 0 Å². The summed E-state index contributed by atoms with van der Waals surface area (Å²) in [7, 11) is 0. The van der Waals surface area contributed by atoms with Gasteiger partial charge < -0.3 is 10.4 Å². The largest absolute Gasteiger partial charge is 0.480 e. The highest BCUT2D eigenvalue weighted by Gasteiger charge is 2.51. The Hall–Kier alpha value is -1.91. The maximum atomic E-state index is 13.5. The van der Waals surface area contributed by atoms with Gasteiger partial charge in [0.05, 0.1) is 6.04 Å². The number of hydrogen-bond acceptors (Lipinski definition) is 2. The number of rotatable bonds is 4.